The summed E-state index contributed by atoms with van der Waals surface area (Å²) in [6, 6.07) is 4.09. The van der Waals surface area contributed by atoms with Crippen molar-refractivity contribution in [2.24, 2.45) is 5.92 Å². The summed E-state index contributed by atoms with van der Waals surface area (Å²) >= 11 is 0. The van der Waals surface area contributed by atoms with E-state index in [1.165, 1.54) is 5.56 Å². The Morgan fingerprint density at radius 3 is 3.11 bits per heavy atom. The molecule has 1 fully saturated rings. The van der Waals surface area contributed by atoms with E-state index in [0.717, 1.165) is 18.7 Å². The molecule has 0 spiro atoms. The first kappa shape index (κ1) is 13.0. The summed E-state index contributed by atoms with van der Waals surface area (Å²) in [6.45, 7) is 4.21. The molecule has 2 heterocycles. The first-order valence-corrected chi connectivity index (χ1v) is 6.37. The number of aryl methyl sites for hydroxylation is 1. The number of pyridine rings is 1. The van der Waals surface area contributed by atoms with Crippen LogP contribution in [0.3, 0.4) is 0 Å². The predicted molar refractivity (Wildman–Crippen MR) is 69.2 cm³/mol. The largest absolute Gasteiger partial charge is 0.383 e. The highest BCUT2D eigenvalue weighted by molar-refractivity contribution is 5.78. The van der Waals surface area contributed by atoms with Gasteiger partial charge < -0.3 is 9.64 Å². The zero-order chi connectivity index (χ0) is 13.0. The van der Waals surface area contributed by atoms with Gasteiger partial charge >= 0.3 is 0 Å². The number of carbonyl (C=O) groups excluding carboxylic acids is 1. The topological polar surface area (TPSA) is 42.4 Å². The highest BCUT2D eigenvalue weighted by Crippen LogP contribution is 2.21. The van der Waals surface area contributed by atoms with E-state index in [0.29, 0.717) is 25.5 Å². The minimum absolute atomic E-state index is 0.240. The lowest BCUT2D eigenvalue weighted by atomic mass is 10.0. The first-order chi connectivity index (χ1) is 8.69. The van der Waals surface area contributed by atoms with Crippen LogP contribution in [-0.2, 0) is 16.0 Å². The molecule has 4 nitrogen and oxygen atoms in total. The van der Waals surface area contributed by atoms with Crippen molar-refractivity contribution in [3.63, 3.8) is 0 Å². The Hall–Kier alpha value is -1.42. The van der Waals surface area contributed by atoms with E-state index in [-0.39, 0.29) is 5.91 Å². The number of ether oxygens (including phenoxy) is 1. The van der Waals surface area contributed by atoms with Crippen molar-refractivity contribution in [3.8, 4) is 0 Å². The van der Waals surface area contributed by atoms with Crippen LogP contribution in [0.4, 0.5) is 0 Å². The number of carbonyl (C=O) groups is 1. The molecule has 4 heteroatoms. The minimum atomic E-state index is 0.240. The molecule has 98 valence electrons. The van der Waals surface area contributed by atoms with Gasteiger partial charge in [-0.15, -0.1) is 0 Å². The molecule has 0 N–H and O–H groups in total. The van der Waals surface area contributed by atoms with Gasteiger partial charge in [0.2, 0.25) is 5.91 Å². The molecule has 1 saturated heterocycles. The molecule has 0 aliphatic carbocycles. The van der Waals surface area contributed by atoms with Crippen molar-refractivity contribution >= 4 is 5.91 Å². The van der Waals surface area contributed by atoms with Crippen LogP contribution in [0.2, 0.25) is 0 Å². The summed E-state index contributed by atoms with van der Waals surface area (Å²) < 4.78 is 5.02. The van der Waals surface area contributed by atoms with Gasteiger partial charge in [-0.3, -0.25) is 9.78 Å². The molecule has 1 unspecified atom stereocenters. The van der Waals surface area contributed by atoms with E-state index >= 15 is 0 Å². The maximum atomic E-state index is 11.8. The highest BCUT2D eigenvalue weighted by atomic mass is 16.5. The Bertz CT molecular complexity index is 420. The molecule has 1 amide bonds. The van der Waals surface area contributed by atoms with Gasteiger partial charge in [0.05, 0.1) is 6.61 Å². The second-order valence-corrected chi connectivity index (χ2v) is 4.93. The fourth-order valence-corrected chi connectivity index (χ4v) is 2.41. The average Bonchev–Trinajstić information content (AvgIpc) is 2.67. The Morgan fingerprint density at radius 2 is 2.39 bits per heavy atom. The lowest BCUT2D eigenvalue weighted by molar-refractivity contribution is -0.128. The van der Waals surface area contributed by atoms with E-state index < -0.39 is 0 Å². The number of hydrogen-bond acceptors (Lipinski definition) is 3. The van der Waals surface area contributed by atoms with Gasteiger partial charge in [-0.1, -0.05) is 0 Å². The molecule has 1 aromatic rings. The normalized spacial score (nSPS) is 19.6. The fourth-order valence-electron chi connectivity index (χ4n) is 2.41. The molecule has 1 aliphatic rings. The third-order valence-electron chi connectivity index (χ3n) is 3.33. The van der Waals surface area contributed by atoms with Gasteiger partial charge in [0, 0.05) is 38.5 Å². The van der Waals surface area contributed by atoms with E-state index in [9.17, 15) is 4.79 Å². The molecular formula is C14H20N2O2. The fraction of sp³-hybridized carbons (Fsp3) is 0.571. The van der Waals surface area contributed by atoms with Crippen LogP contribution in [0, 0.1) is 12.8 Å². The maximum absolute atomic E-state index is 11.8. The van der Waals surface area contributed by atoms with Crippen molar-refractivity contribution in [3.05, 3.63) is 29.6 Å². The zero-order valence-electron chi connectivity index (χ0n) is 11.1. The van der Waals surface area contributed by atoms with Crippen molar-refractivity contribution in [1.82, 2.24) is 9.88 Å². The van der Waals surface area contributed by atoms with Gasteiger partial charge in [-0.2, -0.15) is 0 Å². The number of amides is 1. The van der Waals surface area contributed by atoms with Gasteiger partial charge in [-0.25, -0.2) is 0 Å². The summed E-state index contributed by atoms with van der Waals surface area (Å²) in [7, 11) is 1.66. The number of rotatable bonds is 5. The summed E-state index contributed by atoms with van der Waals surface area (Å²) in [5.74, 6) is 0.633. The van der Waals surface area contributed by atoms with Crippen LogP contribution in [0.1, 0.15) is 17.7 Å². The van der Waals surface area contributed by atoms with Crippen LogP contribution < -0.4 is 0 Å². The van der Waals surface area contributed by atoms with Crippen LogP contribution in [0.5, 0.6) is 0 Å². The van der Waals surface area contributed by atoms with E-state index in [1.807, 2.05) is 17.2 Å². The standard InChI is InChI=1S/C14H20N2O2/c1-11-3-4-15-13(7-11)8-12-9-14(17)16(10-12)5-6-18-2/h3-4,7,12H,5-6,8-10H2,1-2H3. The van der Waals surface area contributed by atoms with Gasteiger partial charge in [0.1, 0.15) is 0 Å². The van der Waals surface area contributed by atoms with Crippen LogP contribution in [0.15, 0.2) is 18.3 Å². The lowest BCUT2D eigenvalue weighted by Crippen LogP contribution is -2.28. The van der Waals surface area contributed by atoms with Crippen molar-refractivity contribution in [1.29, 1.82) is 0 Å². The number of nitrogens with zero attached hydrogens (tertiary/aromatic N) is 2. The Balaban J connectivity index is 1.90. The minimum Gasteiger partial charge on any atom is -0.383 e. The second kappa shape index (κ2) is 5.96. The summed E-state index contributed by atoms with van der Waals surface area (Å²) in [4.78, 5) is 18.1. The quantitative estimate of drug-likeness (QED) is 0.791. The number of methoxy groups -OCH3 is 1. The molecule has 1 aliphatic heterocycles. The molecule has 18 heavy (non-hydrogen) atoms. The third kappa shape index (κ3) is 3.29. The van der Waals surface area contributed by atoms with Gasteiger partial charge in [0.25, 0.3) is 0 Å². The molecule has 1 atom stereocenters. The number of hydrogen-bond donors (Lipinski definition) is 0. The van der Waals surface area contributed by atoms with Crippen molar-refractivity contribution in [2.45, 2.75) is 19.8 Å². The smallest absolute Gasteiger partial charge is 0.223 e. The lowest BCUT2D eigenvalue weighted by Gasteiger charge is -2.15. The van der Waals surface area contributed by atoms with Crippen LogP contribution in [-0.4, -0.2) is 42.6 Å². The molecule has 2 rings (SSSR count). The third-order valence-corrected chi connectivity index (χ3v) is 3.33. The molecule has 1 aromatic heterocycles. The van der Waals surface area contributed by atoms with E-state index in [1.54, 1.807) is 7.11 Å². The van der Waals surface area contributed by atoms with Crippen LogP contribution in [0.25, 0.3) is 0 Å². The van der Waals surface area contributed by atoms with Crippen molar-refractivity contribution in [2.75, 3.05) is 26.8 Å². The number of aromatic nitrogens is 1. The molecular weight excluding hydrogens is 228 g/mol. The Kier molecular flexibility index (Phi) is 4.31. The first-order valence-electron chi connectivity index (χ1n) is 6.37. The summed E-state index contributed by atoms with van der Waals surface area (Å²) in [6.07, 6.45) is 3.36. The second-order valence-electron chi connectivity index (χ2n) is 4.93. The monoisotopic (exact) mass is 248 g/mol. The highest BCUT2D eigenvalue weighted by Gasteiger charge is 2.29. The Morgan fingerprint density at radius 1 is 1.56 bits per heavy atom. The average molecular weight is 248 g/mol. The van der Waals surface area contributed by atoms with Gasteiger partial charge in [0.15, 0.2) is 0 Å². The molecule has 0 bridgehead atoms. The molecule has 0 saturated carbocycles. The predicted octanol–water partition coefficient (Wildman–Crippen LogP) is 1.43. The zero-order valence-corrected chi connectivity index (χ0v) is 11.1. The number of likely N-dealkylation sites (tertiary alicyclic amines) is 1. The maximum Gasteiger partial charge on any atom is 0.223 e. The Labute approximate surface area is 108 Å². The van der Waals surface area contributed by atoms with E-state index in [2.05, 4.69) is 18.0 Å². The van der Waals surface area contributed by atoms with Crippen LogP contribution >= 0.6 is 0 Å². The van der Waals surface area contributed by atoms with E-state index in [4.69, 9.17) is 4.74 Å². The SMILES string of the molecule is COCCN1CC(Cc2cc(C)ccn2)CC1=O. The molecule has 0 aromatic carbocycles. The van der Waals surface area contributed by atoms with Gasteiger partial charge in [-0.05, 0) is 37.0 Å². The molecule has 0 radical (unpaired) electrons. The van der Waals surface area contributed by atoms with Crippen molar-refractivity contribution < 1.29 is 9.53 Å². The summed E-state index contributed by atoms with van der Waals surface area (Å²) in [5.41, 5.74) is 2.31. The summed E-state index contributed by atoms with van der Waals surface area (Å²) in [5, 5.41) is 0.